The number of carbonyl (C=O) groups excluding carboxylic acids is 2. The third kappa shape index (κ3) is 11.3. The van der Waals surface area contributed by atoms with Gasteiger partial charge in [-0.3, -0.25) is 9.59 Å². The first kappa shape index (κ1) is 16.9. The summed E-state index contributed by atoms with van der Waals surface area (Å²) >= 11 is 0. The molecule has 6 heteroatoms. The smallest absolute Gasteiger partial charge is 0.306 e. The Morgan fingerprint density at radius 2 is 1.17 bits per heavy atom. The number of unbranched alkanes of at least 4 members (excludes halogenated alkanes) is 1. The van der Waals surface area contributed by atoms with Crippen molar-refractivity contribution in [3.63, 3.8) is 0 Å². The lowest BCUT2D eigenvalue weighted by atomic mass is 10.3. The van der Waals surface area contributed by atoms with Crippen molar-refractivity contribution in [2.45, 2.75) is 25.7 Å². The van der Waals surface area contributed by atoms with Gasteiger partial charge in [-0.15, -0.1) is 0 Å². The molecule has 0 fully saturated rings. The van der Waals surface area contributed by atoms with E-state index >= 15 is 0 Å². The van der Waals surface area contributed by atoms with Gasteiger partial charge in [0.25, 0.3) is 0 Å². The maximum Gasteiger partial charge on any atom is 0.306 e. The van der Waals surface area contributed by atoms with E-state index in [1.807, 2.05) is 0 Å². The summed E-state index contributed by atoms with van der Waals surface area (Å²) in [6.45, 7) is 3.08. The predicted molar refractivity (Wildman–Crippen MR) is 68.2 cm³/mol. The molecule has 18 heavy (non-hydrogen) atoms. The van der Waals surface area contributed by atoms with Gasteiger partial charge in [0.05, 0.1) is 27.1 Å². The van der Waals surface area contributed by atoms with E-state index in [0.717, 1.165) is 25.9 Å². The van der Waals surface area contributed by atoms with Crippen LogP contribution in [-0.4, -0.2) is 52.3 Å². The highest BCUT2D eigenvalue weighted by atomic mass is 16.5. The van der Waals surface area contributed by atoms with Gasteiger partial charge < -0.3 is 20.1 Å². The third-order valence-electron chi connectivity index (χ3n) is 2.42. The predicted octanol–water partition coefficient (Wildman–Crippen LogP) is 0.0720. The van der Waals surface area contributed by atoms with E-state index in [4.69, 9.17) is 0 Å². The minimum Gasteiger partial charge on any atom is -0.469 e. The molecule has 6 nitrogen and oxygen atoms in total. The van der Waals surface area contributed by atoms with E-state index in [9.17, 15) is 9.59 Å². The molecule has 0 rings (SSSR count). The van der Waals surface area contributed by atoms with Crippen molar-refractivity contribution >= 4 is 11.9 Å². The Balaban J connectivity index is 3.07. The maximum absolute atomic E-state index is 10.8. The number of nitrogens with one attached hydrogen (secondary N) is 2. The van der Waals surface area contributed by atoms with Crippen LogP contribution >= 0.6 is 0 Å². The number of carbonyl (C=O) groups is 2. The summed E-state index contributed by atoms with van der Waals surface area (Å²) in [5, 5.41) is 6.33. The van der Waals surface area contributed by atoms with Gasteiger partial charge in [-0.05, 0) is 25.9 Å². The highest BCUT2D eigenvalue weighted by Crippen LogP contribution is 1.87. The summed E-state index contributed by atoms with van der Waals surface area (Å²) < 4.78 is 9.05. The summed E-state index contributed by atoms with van der Waals surface area (Å²) in [6, 6.07) is 0. The number of ether oxygens (including phenoxy) is 2. The van der Waals surface area contributed by atoms with Gasteiger partial charge in [0.2, 0.25) is 0 Å². The lowest BCUT2D eigenvalue weighted by Gasteiger charge is -2.05. The normalized spacial score (nSPS) is 10.1. The largest absolute Gasteiger partial charge is 0.469 e. The molecular weight excluding hydrogens is 236 g/mol. The molecule has 2 N–H and O–H groups in total. The van der Waals surface area contributed by atoms with E-state index in [-0.39, 0.29) is 11.9 Å². The van der Waals surface area contributed by atoms with Gasteiger partial charge in [0.1, 0.15) is 0 Å². The molecule has 0 amide bonds. The van der Waals surface area contributed by atoms with Crippen LogP contribution in [0.3, 0.4) is 0 Å². The van der Waals surface area contributed by atoms with E-state index in [2.05, 4.69) is 20.1 Å². The molecule has 0 heterocycles. The molecule has 106 valence electrons. The zero-order valence-corrected chi connectivity index (χ0v) is 11.3. The molecule has 0 aromatic carbocycles. The molecule has 0 bridgehead atoms. The van der Waals surface area contributed by atoms with Crippen molar-refractivity contribution in [3.05, 3.63) is 0 Å². The molecule has 0 saturated carbocycles. The van der Waals surface area contributed by atoms with Crippen molar-refractivity contribution < 1.29 is 19.1 Å². The number of hydrogen-bond donors (Lipinski definition) is 2. The summed E-state index contributed by atoms with van der Waals surface area (Å²) in [5.41, 5.74) is 0. The lowest BCUT2D eigenvalue weighted by molar-refractivity contribution is -0.141. The molecule has 0 aliphatic rings. The summed E-state index contributed by atoms with van der Waals surface area (Å²) in [7, 11) is 2.78. The highest BCUT2D eigenvalue weighted by molar-refractivity contribution is 5.69. The fraction of sp³-hybridized carbons (Fsp3) is 0.833. The first-order chi connectivity index (χ1) is 8.70. The van der Waals surface area contributed by atoms with Crippen LogP contribution in [0.25, 0.3) is 0 Å². The monoisotopic (exact) mass is 260 g/mol. The second-order valence-corrected chi connectivity index (χ2v) is 3.86. The third-order valence-corrected chi connectivity index (χ3v) is 2.42. The number of rotatable bonds is 11. The van der Waals surface area contributed by atoms with Crippen LogP contribution in [0, 0.1) is 0 Å². The number of esters is 2. The van der Waals surface area contributed by atoms with Crippen molar-refractivity contribution in [3.8, 4) is 0 Å². The lowest BCUT2D eigenvalue weighted by Crippen LogP contribution is -2.23. The minimum atomic E-state index is -0.188. The summed E-state index contributed by atoms with van der Waals surface area (Å²) in [4.78, 5) is 21.6. The molecule has 0 unspecified atom stereocenters. The van der Waals surface area contributed by atoms with E-state index in [0.29, 0.717) is 25.9 Å². The van der Waals surface area contributed by atoms with Crippen molar-refractivity contribution in [1.82, 2.24) is 10.6 Å². The average molecular weight is 260 g/mol. The average Bonchev–Trinajstić information content (AvgIpc) is 2.40. The number of hydrogen-bond acceptors (Lipinski definition) is 6. The molecule has 0 aromatic heterocycles. The van der Waals surface area contributed by atoms with Crippen LogP contribution < -0.4 is 10.6 Å². The van der Waals surface area contributed by atoms with Gasteiger partial charge >= 0.3 is 11.9 Å². The Morgan fingerprint density at radius 3 is 1.50 bits per heavy atom. The minimum absolute atomic E-state index is 0.188. The standard InChI is InChI=1S/C12H24N2O4/c1-17-11(15)5-9-13-7-3-4-8-14-10-6-12(16)18-2/h13-14H,3-10H2,1-2H3. The molecular formula is C12H24N2O4. The zero-order chi connectivity index (χ0) is 13.6. The Bertz CT molecular complexity index is 210. The summed E-state index contributed by atoms with van der Waals surface area (Å²) in [5.74, 6) is -0.376. The molecule has 0 aromatic rings. The second-order valence-electron chi connectivity index (χ2n) is 3.86. The first-order valence-corrected chi connectivity index (χ1v) is 6.25. The van der Waals surface area contributed by atoms with Crippen LogP contribution in [0.1, 0.15) is 25.7 Å². The van der Waals surface area contributed by atoms with Crippen LogP contribution in [0.15, 0.2) is 0 Å². The van der Waals surface area contributed by atoms with Crippen molar-refractivity contribution in [1.29, 1.82) is 0 Å². The van der Waals surface area contributed by atoms with Gasteiger partial charge in [-0.1, -0.05) is 0 Å². The maximum atomic E-state index is 10.8. The first-order valence-electron chi connectivity index (χ1n) is 6.25. The van der Waals surface area contributed by atoms with Gasteiger partial charge in [-0.25, -0.2) is 0 Å². The van der Waals surface area contributed by atoms with Gasteiger partial charge in [0.15, 0.2) is 0 Å². The van der Waals surface area contributed by atoms with Crippen molar-refractivity contribution in [2.75, 3.05) is 40.4 Å². The fourth-order valence-electron chi connectivity index (χ4n) is 1.34. The van der Waals surface area contributed by atoms with E-state index < -0.39 is 0 Å². The SMILES string of the molecule is COC(=O)CCNCCCCNCCC(=O)OC. The molecule has 0 spiro atoms. The Labute approximate surface area is 108 Å². The second kappa shape index (κ2) is 12.3. The van der Waals surface area contributed by atoms with E-state index in [1.165, 1.54) is 14.2 Å². The Kier molecular flexibility index (Phi) is 11.5. The van der Waals surface area contributed by atoms with Crippen LogP contribution in [0.4, 0.5) is 0 Å². The Hall–Kier alpha value is -1.14. The Morgan fingerprint density at radius 1 is 0.778 bits per heavy atom. The zero-order valence-electron chi connectivity index (χ0n) is 11.3. The summed E-state index contributed by atoms with van der Waals surface area (Å²) in [6.07, 6.45) is 2.89. The molecule has 0 aliphatic carbocycles. The van der Waals surface area contributed by atoms with Gasteiger partial charge in [-0.2, -0.15) is 0 Å². The highest BCUT2D eigenvalue weighted by Gasteiger charge is 1.99. The quantitative estimate of drug-likeness (QED) is 0.404. The fourth-order valence-corrected chi connectivity index (χ4v) is 1.34. The van der Waals surface area contributed by atoms with Crippen LogP contribution in [0.5, 0.6) is 0 Å². The van der Waals surface area contributed by atoms with Crippen molar-refractivity contribution in [2.24, 2.45) is 0 Å². The van der Waals surface area contributed by atoms with Crippen LogP contribution in [-0.2, 0) is 19.1 Å². The molecule has 0 radical (unpaired) electrons. The number of methoxy groups -OCH3 is 2. The molecule has 0 aliphatic heterocycles. The van der Waals surface area contributed by atoms with Gasteiger partial charge in [0, 0.05) is 13.1 Å². The topological polar surface area (TPSA) is 76.7 Å². The molecule has 0 atom stereocenters. The van der Waals surface area contributed by atoms with E-state index in [1.54, 1.807) is 0 Å². The van der Waals surface area contributed by atoms with Crippen LogP contribution in [0.2, 0.25) is 0 Å². The molecule has 0 saturated heterocycles.